The number of ether oxygens (including phenoxy) is 2. The van der Waals surface area contributed by atoms with Gasteiger partial charge in [-0.3, -0.25) is 0 Å². The first-order valence-electron chi connectivity index (χ1n) is 16.0. The van der Waals surface area contributed by atoms with Crippen LogP contribution in [0.25, 0.3) is 33.6 Å². The summed E-state index contributed by atoms with van der Waals surface area (Å²) >= 11 is 13.2. The molecule has 2 aromatic carbocycles. The van der Waals surface area contributed by atoms with E-state index < -0.39 is 35.5 Å². The maximum atomic E-state index is 12.5. The first kappa shape index (κ1) is 36.8. The lowest BCUT2D eigenvalue weighted by Gasteiger charge is -2.24. The molecule has 4 N–H and O–H groups in total. The minimum Gasteiger partial charge on any atom is -0.444 e. The number of aromatic amines is 2. The number of halogens is 2. The fourth-order valence-electron chi connectivity index (χ4n) is 5.03. The molecule has 0 spiro atoms. The van der Waals surface area contributed by atoms with Gasteiger partial charge >= 0.3 is 12.2 Å². The average Bonchev–Trinajstić information content (AvgIpc) is 3.54. The Morgan fingerprint density at radius 3 is 1.17 bits per heavy atom. The molecule has 4 rings (SSSR count). The summed E-state index contributed by atoms with van der Waals surface area (Å²) < 4.78 is 10.9. The molecule has 10 nitrogen and oxygen atoms in total. The lowest BCUT2D eigenvalue weighted by molar-refractivity contribution is 0.0475. The Labute approximate surface area is 292 Å². The first-order valence-corrected chi connectivity index (χ1v) is 16.8. The van der Waals surface area contributed by atoms with Gasteiger partial charge in [0.15, 0.2) is 0 Å². The molecule has 0 bridgehead atoms. The van der Waals surface area contributed by atoms with Crippen molar-refractivity contribution in [2.75, 3.05) is 0 Å². The Morgan fingerprint density at radius 2 is 0.896 bits per heavy atom. The van der Waals surface area contributed by atoms with Crippen molar-refractivity contribution in [2.45, 2.75) is 92.5 Å². The standard InChI is InChI=1S/C36H46Cl2N6O4/c1-19(2)25(41-33(45)47-35(5,6)7)31-39-27(29(37)43-31)23-15-11-21(12-16-23)22-13-17-24(18-14-22)28-30(38)44-32(40-28)26(20(3)4)42-34(46)48-36(8,9)10/h11-20,25-26H,1-10H3,(H,39,43)(H,40,44)(H,41,45)(H,42,46). The molecule has 2 atom stereocenters. The predicted octanol–water partition coefficient (Wildman–Crippen LogP) is 9.88. The number of H-pyrrole nitrogens is 2. The van der Waals surface area contributed by atoms with Crippen molar-refractivity contribution in [3.05, 3.63) is 70.5 Å². The van der Waals surface area contributed by atoms with Gasteiger partial charge in [0.2, 0.25) is 0 Å². The molecule has 0 saturated carbocycles. The number of rotatable bonds is 9. The lowest BCUT2D eigenvalue weighted by atomic mass is 10.0. The number of hydrogen-bond donors (Lipinski definition) is 4. The maximum Gasteiger partial charge on any atom is 0.408 e. The molecule has 0 radical (unpaired) electrons. The molecule has 0 fully saturated rings. The molecular weight excluding hydrogens is 651 g/mol. The Balaban J connectivity index is 1.50. The van der Waals surface area contributed by atoms with Gasteiger partial charge in [0.25, 0.3) is 0 Å². The van der Waals surface area contributed by atoms with Crippen LogP contribution in [0.5, 0.6) is 0 Å². The van der Waals surface area contributed by atoms with Crippen molar-refractivity contribution in [3.63, 3.8) is 0 Å². The summed E-state index contributed by atoms with van der Waals surface area (Å²) in [7, 11) is 0. The van der Waals surface area contributed by atoms with Crippen molar-refractivity contribution in [2.24, 2.45) is 11.8 Å². The fraction of sp³-hybridized carbons (Fsp3) is 0.444. The molecular formula is C36H46Cl2N6O4. The largest absolute Gasteiger partial charge is 0.444 e. The Morgan fingerprint density at radius 1 is 0.604 bits per heavy atom. The highest BCUT2D eigenvalue weighted by molar-refractivity contribution is 6.32. The number of alkyl carbamates (subject to hydrolysis) is 2. The minimum absolute atomic E-state index is 0.0337. The van der Waals surface area contributed by atoms with Gasteiger partial charge in [-0.2, -0.15) is 0 Å². The molecule has 0 aliphatic heterocycles. The number of hydrogen-bond acceptors (Lipinski definition) is 6. The molecule has 2 heterocycles. The summed E-state index contributed by atoms with van der Waals surface area (Å²) in [5.74, 6) is 1.17. The van der Waals surface area contributed by atoms with Crippen LogP contribution in [0.15, 0.2) is 48.5 Å². The number of carbonyl (C=O) groups excluding carboxylic acids is 2. The van der Waals surface area contributed by atoms with Crippen LogP contribution in [0.2, 0.25) is 10.3 Å². The van der Waals surface area contributed by atoms with Gasteiger partial charge in [-0.25, -0.2) is 19.6 Å². The van der Waals surface area contributed by atoms with Gasteiger partial charge in [0.1, 0.15) is 44.5 Å². The van der Waals surface area contributed by atoms with Crippen molar-refractivity contribution in [1.82, 2.24) is 30.6 Å². The highest BCUT2D eigenvalue weighted by Crippen LogP contribution is 2.34. The number of nitrogens with zero attached hydrogens (tertiary/aromatic N) is 2. The second-order valence-corrected chi connectivity index (χ2v) is 15.2. The van der Waals surface area contributed by atoms with Crippen molar-refractivity contribution in [1.29, 1.82) is 0 Å². The van der Waals surface area contributed by atoms with Gasteiger partial charge < -0.3 is 30.1 Å². The molecule has 2 aromatic heterocycles. The third kappa shape index (κ3) is 9.54. The zero-order valence-electron chi connectivity index (χ0n) is 29.2. The van der Waals surface area contributed by atoms with E-state index in [1.54, 1.807) is 0 Å². The van der Waals surface area contributed by atoms with Crippen LogP contribution in [0, 0.1) is 11.8 Å². The third-order valence-corrected chi connectivity index (χ3v) is 7.82. The van der Waals surface area contributed by atoms with E-state index in [-0.39, 0.29) is 11.8 Å². The Hall–Kier alpha value is -4.02. The first-order chi connectivity index (χ1) is 22.3. The zero-order valence-corrected chi connectivity index (χ0v) is 30.7. The van der Waals surface area contributed by atoms with Crippen LogP contribution in [-0.2, 0) is 9.47 Å². The Kier molecular flexibility index (Phi) is 11.2. The lowest BCUT2D eigenvalue weighted by Crippen LogP contribution is -2.37. The van der Waals surface area contributed by atoms with Gasteiger partial charge in [0, 0.05) is 11.1 Å². The second-order valence-electron chi connectivity index (χ2n) is 14.5. The summed E-state index contributed by atoms with van der Waals surface area (Å²) in [5.41, 5.74) is 3.61. The normalized spacial score (nSPS) is 13.4. The molecule has 0 aliphatic rings. The van der Waals surface area contributed by atoms with E-state index in [9.17, 15) is 9.59 Å². The highest BCUT2D eigenvalue weighted by atomic mass is 35.5. The van der Waals surface area contributed by atoms with E-state index in [1.165, 1.54) is 0 Å². The molecule has 0 aliphatic carbocycles. The zero-order chi connectivity index (χ0) is 35.6. The fourth-order valence-corrected chi connectivity index (χ4v) is 5.52. The number of nitrogens with one attached hydrogen (secondary N) is 4. The Bertz CT molecular complexity index is 1590. The van der Waals surface area contributed by atoms with Crippen LogP contribution in [0.4, 0.5) is 9.59 Å². The van der Waals surface area contributed by atoms with Gasteiger partial charge in [-0.15, -0.1) is 0 Å². The van der Waals surface area contributed by atoms with Crippen LogP contribution in [-0.4, -0.2) is 43.3 Å². The van der Waals surface area contributed by atoms with Crippen LogP contribution < -0.4 is 10.6 Å². The van der Waals surface area contributed by atoms with Crippen molar-refractivity contribution < 1.29 is 19.1 Å². The van der Waals surface area contributed by atoms with Gasteiger partial charge in [-0.1, -0.05) is 99.4 Å². The second kappa shape index (κ2) is 14.6. The summed E-state index contributed by atoms with van der Waals surface area (Å²) in [6.45, 7) is 18.9. The van der Waals surface area contributed by atoms with E-state index in [0.29, 0.717) is 33.3 Å². The van der Waals surface area contributed by atoms with E-state index in [0.717, 1.165) is 22.3 Å². The molecule has 48 heavy (non-hydrogen) atoms. The molecule has 0 saturated heterocycles. The molecule has 258 valence electrons. The number of imidazole rings is 2. The van der Waals surface area contributed by atoms with Crippen molar-refractivity contribution in [3.8, 4) is 33.6 Å². The molecule has 12 heteroatoms. The molecule has 2 unspecified atom stereocenters. The van der Waals surface area contributed by atoms with E-state index in [4.69, 9.17) is 42.6 Å². The average molecular weight is 698 g/mol. The van der Waals surface area contributed by atoms with Gasteiger partial charge in [-0.05, 0) is 64.5 Å². The van der Waals surface area contributed by atoms with Crippen LogP contribution in [0.1, 0.15) is 93.0 Å². The SMILES string of the molecule is CC(C)C(NC(=O)OC(C)(C)C)c1nc(-c2ccc(-c3ccc(-c4nc(C(NC(=O)OC(C)(C)C)C(C)C)[nH]c4Cl)cc3)cc2)c(Cl)[nH]1. The van der Waals surface area contributed by atoms with E-state index >= 15 is 0 Å². The van der Waals surface area contributed by atoms with E-state index in [2.05, 4.69) is 20.6 Å². The number of aromatic nitrogens is 4. The van der Waals surface area contributed by atoms with Crippen LogP contribution in [0.3, 0.4) is 0 Å². The quantitative estimate of drug-likeness (QED) is 0.138. The summed E-state index contributed by atoms with van der Waals surface area (Å²) in [6, 6.07) is 15.0. The summed E-state index contributed by atoms with van der Waals surface area (Å²) in [5, 5.41) is 6.58. The molecule has 4 aromatic rings. The third-order valence-electron chi connectivity index (χ3n) is 7.27. The van der Waals surface area contributed by atoms with Crippen LogP contribution >= 0.6 is 23.2 Å². The summed E-state index contributed by atoms with van der Waals surface area (Å²) in [6.07, 6.45) is -1.04. The molecule has 2 amide bonds. The number of amides is 2. The monoisotopic (exact) mass is 696 g/mol. The number of carbonyl (C=O) groups is 2. The topological polar surface area (TPSA) is 134 Å². The summed E-state index contributed by atoms with van der Waals surface area (Å²) in [4.78, 5) is 40.8. The van der Waals surface area contributed by atoms with Crippen molar-refractivity contribution >= 4 is 35.4 Å². The smallest absolute Gasteiger partial charge is 0.408 e. The number of benzene rings is 2. The van der Waals surface area contributed by atoms with Gasteiger partial charge in [0.05, 0.1) is 12.1 Å². The maximum absolute atomic E-state index is 12.5. The minimum atomic E-state index is -0.617. The highest BCUT2D eigenvalue weighted by Gasteiger charge is 2.28. The van der Waals surface area contributed by atoms with E-state index in [1.807, 2.05) is 118 Å². The predicted molar refractivity (Wildman–Crippen MR) is 191 cm³/mol.